The van der Waals surface area contributed by atoms with Gasteiger partial charge in [-0.25, -0.2) is 0 Å². The summed E-state index contributed by atoms with van der Waals surface area (Å²) in [5.41, 5.74) is 0. The van der Waals surface area contributed by atoms with Crippen LogP contribution in [0.3, 0.4) is 0 Å². The Labute approximate surface area is 130 Å². The zero-order valence-corrected chi connectivity index (χ0v) is 11.9. The van der Waals surface area contributed by atoms with Crippen LogP contribution in [0.15, 0.2) is 0 Å². The Hall–Kier alpha value is -1.68. The molecule has 0 aliphatic heterocycles. The van der Waals surface area contributed by atoms with E-state index in [-0.39, 0.29) is 30.2 Å². The molecular weight excluding hydrogens is 332 g/mol. The maximum absolute atomic E-state index is 10.7. The first kappa shape index (κ1) is 21.6. The van der Waals surface area contributed by atoms with E-state index in [2.05, 4.69) is 10.6 Å². The number of carbonyl (C=O) groups is 4. The molecule has 122 valence electrons. The average Bonchev–Trinajstić information content (AvgIpc) is 2.29. The fraction of sp³-hybridized carbons (Fsp3) is 0.600. The minimum Gasteiger partial charge on any atom is -0.481 e. The van der Waals surface area contributed by atoms with Gasteiger partial charge in [0.25, 0.3) is 0 Å². The quantitative estimate of drug-likeness (QED) is 0.181. The van der Waals surface area contributed by atoms with Crippen LogP contribution in [-0.4, -0.2) is 69.5 Å². The van der Waals surface area contributed by atoms with Crippen LogP contribution < -0.4 is 10.6 Å². The van der Waals surface area contributed by atoms with Crippen molar-refractivity contribution >= 4 is 23.9 Å². The van der Waals surface area contributed by atoms with E-state index >= 15 is 0 Å². The summed E-state index contributed by atoms with van der Waals surface area (Å²) in [6.45, 7) is -0.0404. The number of carboxylic acid groups (broad SMARTS) is 4. The van der Waals surface area contributed by atoms with Crippen molar-refractivity contribution in [2.24, 2.45) is 0 Å². The standard InChI is InChI=1S/C10H16N2O8.Fe/c13-7(14)3-5(9(17)18)11-1-2-12-6(10(19)20)4-8(15)16;/h5-6,11-12H,1-4H2,(H,13,14)(H,15,16)(H,17,18)(H,19,20);. The van der Waals surface area contributed by atoms with E-state index in [9.17, 15) is 19.2 Å². The Morgan fingerprint density at radius 2 is 1.00 bits per heavy atom. The molecule has 6 N–H and O–H groups in total. The monoisotopic (exact) mass is 348 g/mol. The molecule has 0 aromatic heterocycles. The van der Waals surface area contributed by atoms with Crippen molar-refractivity contribution in [3.8, 4) is 0 Å². The van der Waals surface area contributed by atoms with Gasteiger partial charge in [0, 0.05) is 30.2 Å². The van der Waals surface area contributed by atoms with E-state index in [4.69, 9.17) is 20.4 Å². The predicted octanol–water partition coefficient (Wildman–Crippen LogP) is -1.98. The van der Waals surface area contributed by atoms with Crippen molar-refractivity contribution < 1.29 is 56.7 Å². The van der Waals surface area contributed by atoms with Crippen LogP contribution in [0.4, 0.5) is 0 Å². The summed E-state index contributed by atoms with van der Waals surface area (Å²) in [7, 11) is 0. The van der Waals surface area contributed by atoms with Gasteiger partial charge in [0.05, 0.1) is 12.8 Å². The summed E-state index contributed by atoms with van der Waals surface area (Å²) in [5, 5.41) is 39.2. The summed E-state index contributed by atoms with van der Waals surface area (Å²) in [4.78, 5) is 42.2. The van der Waals surface area contributed by atoms with Gasteiger partial charge in [0.15, 0.2) is 0 Å². The van der Waals surface area contributed by atoms with Crippen LogP contribution >= 0.6 is 0 Å². The summed E-state index contributed by atoms with van der Waals surface area (Å²) in [6, 6.07) is -2.59. The number of carboxylic acids is 4. The number of aliphatic carboxylic acids is 4. The van der Waals surface area contributed by atoms with E-state index in [1.807, 2.05) is 0 Å². The van der Waals surface area contributed by atoms with Gasteiger partial charge in [-0.3, -0.25) is 19.2 Å². The molecule has 0 aromatic carbocycles. The Morgan fingerprint density at radius 3 is 1.19 bits per heavy atom. The zero-order valence-electron chi connectivity index (χ0n) is 10.8. The molecular formula is C10H16FeN2O8. The fourth-order valence-electron chi connectivity index (χ4n) is 1.34. The maximum atomic E-state index is 10.7. The second-order valence-electron chi connectivity index (χ2n) is 3.89. The Kier molecular flexibility index (Phi) is 11.4. The molecule has 0 heterocycles. The van der Waals surface area contributed by atoms with Crippen LogP contribution in [0.5, 0.6) is 0 Å². The first-order valence-electron chi connectivity index (χ1n) is 5.60. The fourth-order valence-corrected chi connectivity index (χ4v) is 1.34. The molecule has 0 spiro atoms. The van der Waals surface area contributed by atoms with Crippen molar-refractivity contribution in [2.75, 3.05) is 13.1 Å². The predicted molar refractivity (Wildman–Crippen MR) is 63.4 cm³/mol. The first-order valence-corrected chi connectivity index (χ1v) is 5.60. The molecule has 21 heavy (non-hydrogen) atoms. The molecule has 0 amide bonds. The topological polar surface area (TPSA) is 173 Å². The third-order valence-corrected chi connectivity index (χ3v) is 2.26. The first-order chi connectivity index (χ1) is 9.23. The normalized spacial score (nSPS) is 12.8. The Balaban J connectivity index is 0. The maximum Gasteiger partial charge on any atom is 0.321 e. The molecule has 0 aromatic rings. The van der Waals surface area contributed by atoms with Gasteiger partial charge in [-0.15, -0.1) is 0 Å². The van der Waals surface area contributed by atoms with Crippen LogP contribution in [0.2, 0.25) is 0 Å². The van der Waals surface area contributed by atoms with E-state index in [1.165, 1.54) is 0 Å². The summed E-state index contributed by atoms with van der Waals surface area (Å²) in [6.07, 6.45) is -1.24. The van der Waals surface area contributed by atoms with Crippen molar-refractivity contribution in [3.05, 3.63) is 0 Å². The third-order valence-electron chi connectivity index (χ3n) is 2.26. The summed E-state index contributed by atoms with van der Waals surface area (Å²) >= 11 is 0. The van der Waals surface area contributed by atoms with Crippen LogP contribution in [0.25, 0.3) is 0 Å². The number of hydrogen-bond donors (Lipinski definition) is 6. The van der Waals surface area contributed by atoms with E-state index in [0.29, 0.717) is 0 Å². The third kappa shape index (κ3) is 10.7. The van der Waals surface area contributed by atoms with Gasteiger partial charge in [-0.05, 0) is 0 Å². The van der Waals surface area contributed by atoms with E-state index < -0.39 is 48.8 Å². The molecule has 2 atom stereocenters. The molecule has 0 radical (unpaired) electrons. The number of nitrogens with one attached hydrogen (secondary N) is 2. The van der Waals surface area contributed by atoms with Gasteiger partial charge in [-0.1, -0.05) is 0 Å². The van der Waals surface area contributed by atoms with Crippen molar-refractivity contribution in [1.82, 2.24) is 10.6 Å². The van der Waals surface area contributed by atoms with Gasteiger partial charge < -0.3 is 31.1 Å². The number of rotatable bonds is 11. The minimum absolute atomic E-state index is 0. The average molecular weight is 348 g/mol. The van der Waals surface area contributed by atoms with E-state index in [1.54, 1.807) is 0 Å². The summed E-state index contributed by atoms with van der Waals surface area (Å²) in [5.74, 6) is -5.25. The molecule has 0 bridgehead atoms. The Bertz CT molecular complexity index is 353. The number of hydrogen-bond acceptors (Lipinski definition) is 6. The van der Waals surface area contributed by atoms with Crippen LogP contribution in [0, 0.1) is 0 Å². The van der Waals surface area contributed by atoms with E-state index in [0.717, 1.165) is 0 Å². The smallest absolute Gasteiger partial charge is 0.321 e. The zero-order chi connectivity index (χ0) is 15.7. The van der Waals surface area contributed by atoms with Crippen molar-refractivity contribution in [1.29, 1.82) is 0 Å². The SMILES string of the molecule is O=C(O)CC(NCCNC(CC(=O)O)C(=O)O)C(=O)O.[Fe]. The summed E-state index contributed by atoms with van der Waals surface area (Å²) < 4.78 is 0. The van der Waals surface area contributed by atoms with Gasteiger partial charge in [0.1, 0.15) is 12.1 Å². The molecule has 0 saturated carbocycles. The largest absolute Gasteiger partial charge is 0.481 e. The molecule has 0 aliphatic rings. The molecule has 0 fully saturated rings. The van der Waals surface area contributed by atoms with Gasteiger partial charge in [-0.2, -0.15) is 0 Å². The molecule has 0 saturated heterocycles. The Morgan fingerprint density at radius 1 is 0.714 bits per heavy atom. The molecule has 0 rings (SSSR count). The second kappa shape index (κ2) is 11.0. The van der Waals surface area contributed by atoms with Gasteiger partial charge in [0.2, 0.25) is 0 Å². The van der Waals surface area contributed by atoms with Crippen LogP contribution in [-0.2, 0) is 36.2 Å². The molecule has 2 unspecified atom stereocenters. The van der Waals surface area contributed by atoms with Crippen LogP contribution in [0.1, 0.15) is 12.8 Å². The van der Waals surface area contributed by atoms with Crippen molar-refractivity contribution in [3.63, 3.8) is 0 Å². The van der Waals surface area contributed by atoms with Gasteiger partial charge >= 0.3 is 23.9 Å². The molecule has 10 nitrogen and oxygen atoms in total. The second-order valence-corrected chi connectivity index (χ2v) is 3.89. The molecule has 0 aliphatic carbocycles. The minimum atomic E-state index is -1.34. The molecule has 11 heteroatoms. The van der Waals surface area contributed by atoms with Crippen molar-refractivity contribution in [2.45, 2.75) is 24.9 Å².